The molecule has 2 N–H and O–H groups in total. The summed E-state index contributed by atoms with van der Waals surface area (Å²) in [6.45, 7) is -0.0481. The van der Waals surface area contributed by atoms with Crippen LogP contribution in [-0.2, 0) is 6.54 Å². The van der Waals surface area contributed by atoms with Gasteiger partial charge >= 0.3 is 10.8 Å². The highest BCUT2D eigenvalue weighted by Crippen LogP contribution is 2.25. The molecule has 0 bridgehead atoms. The van der Waals surface area contributed by atoms with Gasteiger partial charge in [-0.3, -0.25) is 19.3 Å². The van der Waals surface area contributed by atoms with Crippen LogP contribution in [0.2, 0.25) is 0 Å². The lowest BCUT2D eigenvalue weighted by Gasteiger charge is -2.11. The monoisotopic (exact) mass is 304 g/mol. The van der Waals surface area contributed by atoms with Crippen molar-refractivity contribution >= 4 is 29.1 Å². The van der Waals surface area contributed by atoms with E-state index in [1.54, 1.807) is 0 Å². The van der Waals surface area contributed by atoms with E-state index >= 15 is 0 Å². The summed E-state index contributed by atoms with van der Waals surface area (Å²) in [7, 11) is 0. The summed E-state index contributed by atoms with van der Waals surface area (Å²) in [6.07, 6.45) is 0. The number of hydrogen-bond donors (Lipinski definition) is 2. The number of carbonyl (C=O) groups is 3. The smallest absolute Gasteiger partial charge is 0.335 e. The van der Waals surface area contributed by atoms with Crippen LogP contribution in [0.5, 0.6) is 0 Å². The molecule has 1 aromatic carbocycles. The van der Waals surface area contributed by atoms with Gasteiger partial charge < -0.3 is 10.1 Å². The van der Waals surface area contributed by atoms with E-state index < -0.39 is 17.8 Å². The van der Waals surface area contributed by atoms with Gasteiger partial charge in [-0.2, -0.15) is 0 Å². The van der Waals surface area contributed by atoms with Crippen LogP contribution in [-0.4, -0.2) is 32.8 Å². The molecule has 0 atom stereocenters. The topological polar surface area (TPSA) is 108 Å². The van der Waals surface area contributed by atoms with Crippen LogP contribution in [0.1, 0.15) is 36.8 Å². The van der Waals surface area contributed by atoms with E-state index in [2.05, 4.69) is 4.98 Å². The molecule has 1 aliphatic rings. The lowest BCUT2D eigenvalue weighted by atomic mass is 10.1. The molecule has 0 radical (unpaired) electrons. The average molecular weight is 304 g/mol. The summed E-state index contributed by atoms with van der Waals surface area (Å²) in [5, 5.41) is 10.5. The van der Waals surface area contributed by atoms with E-state index in [-0.39, 0.29) is 28.1 Å². The molecule has 0 unspecified atom stereocenters. The Morgan fingerprint density at radius 2 is 1.90 bits per heavy atom. The Morgan fingerprint density at radius 3 is 2.52 bits per heavy atom. The summed E-state index contributed by atoms with van der Waals surface area (Å²) in [5.74, 6) is -2.23. The number of carbonyl (C=O) groups excluding carboxylic acids is 2. The molecule has 0 saturated heterocycles. The number of hydrogen-bond acceptors (Lipinski definition) is 5. The van der Waals surface area contributed by atoms with Crippen molar-refractivity contribution in [3.63, 3.8) is 0 Å². The number of aromatic amines is 1. The first-order valence-electron chi connectivity index (χ1n) is 5.87. The number of benzene rings is 1. The molecule has 0 spiro atoms. The number of carboxylic acids is 1. The molecule has 1 aromatic heterocycles. The van der Waals surface area contributed by atoms with Crippen molar-refractivity contribution in [1.29, 1.82) is 0 Å². The van der Waals surface area contributed by atoms with E-state index in [4.69, 9.17) is 5.11 Å². The van der Waals surface area contributed by atoms with Gasteiger partial charge in [-0.15, -0.1) is 0 Å². The number of aromatic carboxylic acids is 1. The fourth-order valence-electron chi connectivity index (χ4n) is 2.13. The van der Waals surface area contributed by atoms with Crippen LogP contribution < -0.4 is 4.87 Å². The SMILES string of the molecule is O=C(O)c1ccc2c(c1)C(=O)N(Cc1csc(=O)[nH]1)C2=O. The van der Waals surface area contributed by atoms with Gasteiger partial charge in [-0.25, -0.2) is 4.79 Å². The van der Waals surface area contributed by atoms with Gasteiger partial charge in [0.2, 0.25) is 0 Å². The standard InChI is InChI=1S/C13H8N2O5S/c16-10-8-2-1-6(12(18)19)3-9(8)11(17)15(10)4-7-5-21-13(20)14-7/h1-3,5H,4H2,(H,14,20)(H,18,19). The molecular weight excluding hydrogens is 296 g/mol. The molecule has 3 rings (SSSR count). The van der Waals surface area contributed by atoms with E-state index in [9.17, 15) is 19.2 Å². The third kappa shape index (κ3) is 2.15. The number of imide groups is 1. The van der Waals surface area contributed by atoms with Crippen LogP contribution in [0.3, 0.4) is 0 Å². The van der Waals surface area contributed by atoms with Gasteiger partial charge in [0, 0.05) is 11.1 Å². The first kappa shape index (κ1) is 13.3. The van der Waals surface area contributed by atoms with Gasteiger partial charge in [0.05, 0.1) is 23.2 Å². The Morgan fingerprint density at radius 1 is 1.19 bits per heavy atom. The molecule has 2 aromatic rings. The molecule has 1 aliphatic heterocycles. The minimum atomic E-state index is -1.17. The highest BCUT2D eigenvalue weighted by Gasteiger charge is 2.36. The lowest BCUT2D eigenvalue weighted by molar-refractivity contribution is 0.0639. The maximum atomic E-state index is 12.2. The average Bonchev–Trinajstić information content (AvgIpc) is 2.96. The summed E-state index contributed by atoms with van der Waals surface area (Å²) in [5.41, 5.74) is 0.638. The fraction of sp³-hybridized carbons (Fsp3) is 0.0769. The highest BCUT2D eigenvalue weighted by atomic mass is 32.1. The van der Waals surface area contributed by atoms with Crippen LogP contribution in [0, 0.1) is 0 Å². The van der Waals surface area contributed by atoms with E-state index in [1.807, 2.05) is 0 Å². The normalized spacial score (nSPS) is 13.6. The van der Waals surface area contributed by atoms with Crippen LogP contribution >= 0.6 is 11.3 Å². The summed E-state index contributed by atoms with van der Waals surface area (Å²) >= 11 is 0.942. The van der Waals surface area contributed by atoms with Crippen molar-refractivity contribution in [2.24, 2.45) is 0 Å². The van der Waals surface area contributed by atoms with Crippen LogP contribution in [0.4, 0.5) is 0 Å². The second kappa shape index (κ2) is 4.67. The molecule has 2 amide bonds. The number of fused-ring (bicyclic) bond motifs is 1. The Bertz CT molecular complexity index is 835. The number of carboxylic acid groups (broad SMARTS) is 1. The number of rotatable bonds is 3. The van der Waals surface area contributed by atoms with E-state index in [0.29, 0.717) is 5.69 Å². The molecule has 0 saturated carbocycles. The van der Waals surface area contributed by atoms with Crippen molar-refractivity contribution in [2.45, 2.75) is 6.54 Å². The first-order chi connectivity index (χ1) is 9.97. The largest absolute Gasteiger partial charge is 0.478 e. The minimum Gasteiger partial charge on any atom is -0.478 e. The zero-order valence-corrected chi connectivity index (χ0v) is 11.3. The summed E-state index contributed by atoms with van der Waals surface area (Å²) < 4.78 is 0. The Balaban J connectivity index is 1.96. The molecule has 106 valence electrons. The maximum absolute atomic E-state index is 12.2. The van der Waals surface area contributed by atoms with Gasteiger partial charge in [0.15, 0.2) is 0 Å². The number of H-pyrrole nitrogens is 1. The molecular formula is C13H8N2O5S. The lowest BCUT2D eigenvalue weighted by Crippen LogP contribution is -2.29. The number of nitrogens with one attached hydrogen (secondary N) is 1. The third-order valence-electron chi connectivity index (χ3n) is 3.12. The second-order valence-corrected chi connectivity index (χ2v) is 5.28. The molecule has 0 aliphatic carbocycles. The van der Waals surface area contributed by atoms with Gasteiger partial charge in [0.25, 0.3) is 11.8 Å². The van der Waals surface area contributed by atoms with Crippen LogP contribution in [0.15, 0.2) is 28.4 Å². The van der Waals surface area contributed by atoms with Crippen LogP contribution in [0.25, 0.3) is 0 Å². The van der Waals surface area contributed by atoms with Crippen molar-refractivity contribution < 1.29 is 19.5 Å². The molecule has 2 heterocycles. The van der Waals surface area contributed by atoms with E-state index in [1.165, 1.54) is 23.6 Å². The number of aromatic nitrogens is 1. The maximum Gasteiger partial charge on any atom is 0.335 e. The van der Waals surface area contributed by atoms with Gasteiger partial charge in [-0.1, -0.05) is 11.3 Å². The number of thiazole rings is 1. The quantitative estimate of drug-likeness (QED) is 0.820. The Kier molecular flexibility index (Phi) is 2.95. The van der Waals surface area contributed by atoms with Crippen molar-refractivity contribution in [3.8, 4) is 0 Å². The Hall–Kier alpha value is -2.74. The fourth-order valence-corrected chi connectivity index (χ4v) is 2.70. The molecule has 0 fully saturated rings. The number of nitrogens with zero attached hydrogens (tertiary/aromatic N) is 1. The minimum absolute atomic E-state index is 0.0481. The first-order valence-corrected chi connectivity index (χ1v) is 6.75. The van der Waals surface area contributed by atoms with Crippen molar-refractivity contribution in [3.05, 3.63) is 55.6 Å². The number of amides is 2. The zero-order chi connectivity index (χ0) is 15.1. The van der Waals surface area contributed by atoms with Gasteiger partial charge in [0.1, 0.15) is 0 Å². The van der Waals surface area contributed by atoms with Gasteiger partial charge in [-0.05, 0) is 18.2 Å². The Labute approximate surface area is 121 Å². The second-order valence-electron chi connectivity index (χ2n) is 4.44. The zero-order valence-electron chi connectivity index (χ0n) is 10.5. The van der Waals surface area contributed by atoms with Crippen molar-refractivity contribution in [2.75, 3.05) is 0 Å². The highest BCUT2D eigenvalue weighted by molar-refractivity contribution is 7.07. The molecule has 8 heteroatoms. The third-order valence-corrected chi connectivity index (χ3v) is 3.84. The summed E-state index contributed by atoms with van der Waals surface area (Å²) in [4.78, 5) is 49.6. The molecule has 7 nitrogen and oxygen atoms in total. The summed E-state index contributed by atoms with van der Waals surface area (Å²) in [6, 6.07) is 3.80. The predicted molar refractivity (Wildman–Crippen MR) is 72.5 cm³/mol. The van der Waals surface area contributed by atoms with E-state index in [0.717, 1.165) is 16.2 Å². The molecule has 21 heavy (non-hydrogen) atoms. The predicted octanol–water partition coefficient (Wildman–Crippen LogP) is 0.931. The van der Waals surface area contributed by atoms with Crippen molar-refractivity contribution in [1.82, 2.24) is 9.88 Å².